The summed E-state index contributed by atoms with van der Waals surface area (Å²) in [5, 5.41) is 0. The zero-order valence-electron chi connectivity index (χ0n) is 17.6. The molecule has 4 heteroatoms. The van der Waals surface area contributed by atoms with Gasteiger partial charge in [-0.2, -0.15) is 0 Å². The average Bonchev–Trinajstić information content (AvgIpc) is 2.67. The zero-order chi connectivity index (χ0) is 20.6. The van der Waals surface area contributed by atoms with Crippen LogP contribution < -0.4 is 5.73 Å². The molecule has 2 N–H and O–H groups in total. The third-order valence-electron chi connectivity index (χ3n) is 6.77. The van der Waals surface area contributed by atoms with Crippen LogP contribution in [0.5, 0.6) is 0 Å². The second kappa shape index (κ2) is 10.4. The van der Waals surface area contributed by atoms with Gasteiger partial charge in [0.2, 0.25) is 11.8 Å². The molecule has 1 aliphatic rings. The Morgan fingerprint density at radius 3 is 2.32 bits per heavy atom. The van der Waals surface area contributed by atoms with E-state index >= 15 is 0 Å². The van der Waals surface area contributed by atoms with Crippen molar-refractivity contribution in [2.24, 2.45) is 17.1 Å². The first-order valence-electron chi connectivity index (χ1n) is 11.1. The van der Waals surface area contributed by atoms with E-state index < -0.39 is 17.2 Å². The Morgan fingerprint density at radius 2 is 1.71 bits per heavy atom. The molecule has 0 heterocycles. The van der Waals surface area contributed by atoms with E-state index in [4.69, 9.17) is 5.73 Å². The molecule has 3 atom stereocenters. The summed E-state index contributed by atoms with van der Waals surface area (Å²) in [4.78, 5) is 12.8. The Balaban J connectivity index is 2.25. The number of unbranched alkanes of at least 4 members (excludes halogenated alkanes) is 5. The number of primary amides is 1. The van der Waals surface area contributed by atoms with Crippen LogP contribution in [0.2, 0.25) is 0 Å². The monoisotopic (exact) mass is 393 g/mol. The van der Waals surface area contributed by atoms with Crippen molar-refractivity contribution in [3.05, 3.63) is 35.9 Å². The maximum absolute atomic E-state index is 14.4. The lowest BCUT2D eigenvalue weighted by Crippen LogP contribution is -2.52. The summed E-state index contributed by atoms with van der Waals surface area (Å²) >= 11 is 0. The number of nitrogens with two attached hydrogens (primary N) is 1. The number of benzene rings is 1. The van der Waals surface area contributed by atoms with Gasteiger partial charge in [0.15, 0.2) is 0 Å². The highest BCUT2D eigenvalue weighted by Crippen LogP contribution is 2.57. The van der Waals surface area contributed by atoms with Crippen molar-refractivity contribution in [1.29, 1.82) is 0 Å². The predicted octanol–water partition coefficient (Wildman–Crippen LogP) is 6.84. The van der Waals surface area contributed by atoms with Crippen LogP contribution in [-0.4, -0.2) is 11.8 Å². The number of carbonyl (C=O) groups excluding carboxylic acids is 1. The summed E-state index contributed by atoms with van der Waals surface area (Å²) in [5.74, 6) is -3.55. The lowest BCUT2D eigenvalue weighted by atomic mass is 9.55. The third-order valence-corrected chi connectivity index (χ3v) is 6.77. The molecule has 0 spiro atoms. The highest BCUT2D eigenvalue weighted by Gasteiger charge is 2.56. The molecule has 0 bridgehead atoms. The third kappa shape index (κ3) is 5.33. The standard InChI is InChI=1S/C24H37F2NO/c1-3-5-6-7-8-12-15-20-18-23(25,26)16-17-24(20,22(27)28)21(4-2)19-13-10-9-11-14-19/h9-11,13-14,20-21H,3-8,12,15-18H2,1-2H3,(H2,27,28). The van der Waals surface area contributed by atoms with Gasteiger partial charge in [-0.1, -0.05) is 82.7 Å². The van der Waals surface area contributed by atoms with Gasteiger partial charge in [-0.25, -0.2) is 8.78 Å². The fourth-order valence-corrected chi connectivity index (χ4v) is 5.31. The summed E-state index contributed by atoms with van der Waals surface area (Å²) in [6, 6.07) is 9.86. The molecule has 1 saturated carbocycles. The van der Waals surface area contributed by atoms with Crippen molar-refractivity contribution in [3.8, 4) is 0 Å². The van der Waals surface area contributed by atoms with Crippen molar-refractivity contribution < 1.29 is 13.6 Å². The highest BCUT2D eigenvalue weighted by atomic mass is 19.3. The van der Waals surface area contributed by atoms with Crippen molar-refractivity contribution in [3.63, 3.8) is 0 Å². The minimum Gasteiger partial charge on any atom is -0.369 e. The molecule has 0 saturated heterocycles. The van der Waals surface area contributed by atoms with Gasteiger partial charge in [0.25, 0.3) is 0 Å². The van der Waals surface area contributed by atoms with E-state index in [1.54, 1.807) is 0 Å². The Kier molecular flexibility index (Phi) is 8.45. The molecule has 0 aromatic heterocycles. The summed E-state index contributed by atoms with van der Waals surface area (Å²) in [6.07, 6.45) is 7.79. The fraction of sp³-hybridized carbons (Fsp3) is 0.708. The molecule has 158 valence electrons. The van der Waals surface area contributed by atoms with Gasteiger partial charge in [0, 0.05) is 12.8 Å². The molecule has 28 heavy (non-hydrogen) atoms. The first kappa shape index (κ1) is 22.8. The summed E-state index contributed by atoms with van der Waals surface area (Å²) < 4.78 is 28.7. The molecule has 2 nitrogen and oxygen atoms in total. The second-order valence-corrected chi connectivity index (χ2v) is 8.59. The molecule has 1 aromatic rings. The van der Waals surface area contributed by atoms with E-state index in [2.05, 4.69) is 6.92 Å². The minimum atomic E-state index is -2.69. The average molecular weight is 394 g/mol. The van der Waals surface area contributed by atoms with Crippen molar-refractivity contribution in [1.82, 2.24) is 0 Å². The van der Waals surface area contributed by atoms with Crippen LogP contribution in [0.25, 0.3) is 0 Å². The molecule has 3 unspecified atom stereocenters. The largest absolute Gasteiger partial charge is 0.369 e. The van der Waals surface area contributed by atoms with Crippen LogP contribution >= 0.6 is 0 Å². The first-order valence-corrected chi connectivity index (χ1v) is 11.1. The molecular weight excluding hydrogens is 356 g/mol. The van der Waals surface area contributed by atoms with Crippen LogP contribution in [-0.2, 0) is 4.79 Å². The number of alkyl halides is 2. The predicted molar refractivity (Wildman–Crippen MR) is 111 cm³/mol. The SMILES string of the molecule is CCCCCCCCC1CC(F)(F)CCC1(C(N)=O)C(CC)c1ccccc1. The minimum absolute atomic E-state index is 0.104. The molecule has 0 radical (unpaired) electrons. The lowest BCUT2D eigenvalue weighted by molar-refractivity contribution is -0.149. The van der Waals surface area contributed by atoms with E-state index in [0.29, 0.717) is 6.42 Å². The van der Waals surface area contributed by atoms with Crippen LogP contribution in [0.1, 0.15) is 96.0 Å². The maximum Gasteiger partial charge on any atom is 0.248 e. The second-order valence-electron chi connectivity index (χ2n) is 8.59. The summed E-state index contributed by atoms with van der Waals surface area (Å²) in [5.41, 5.74) is 6.15. The Labute approximate surface area is 169 Å². The molecule has 1 fully saturated rings. The molecule has 1 aliphatic carbocycles. The van der Waals surface area contributed by atoms with Crippen LogP contribution in [0.4, 0.5) is 8.78 Å². The number of rotatable bonds is 11. The van der Waals surface area contributed by atoms with E-state index in [1.807, 2.05) is 37.3 Å². The number of amides is 1. The number of hydrogen-bond acceptors (Lipinski definition) is 1. The topological polar surface area (TPSA) is 43.1 Å². The van der Waals surface area contributed by atoms with Crippen molar-refractivity contribution in [2.75, 3.05) is 0 Å². The van der Waals surface area contributed by atoms with Gasteiger partial charge in [-0.3, -0.25) is 4.79 Å². The Bertz CT molecular complexity index is 604. The first-order chi connectivity index (χ1) is 13.4. The van der Waals surface area contributed by atoms with Crippen LogP contribution in [0, 0.1) is 11.3 Å². The molecule has 2 rings (SSSR count). The smallest absolute Gasteiger partial charge is 0.248 e. The van der Waals surface area contributed by atoms with E-state index in [1.165, 1.54) is 19.3 Å². The van der Waals surface area contributed by atoms with Gasteiger partial charge >= 0.3 is 0 Å². The van der Waals surface area contributed by atoms with Crippen LogP contribution in [0.3, 0.4) is 0 Å². The van der Waals surface area contributed by atoms with Gasteiger partial charge in [0.05, 0.1) is 5.41 Å². The molecule has 0 aliphatic heterocycles. The normalized spacial score (nSPS) is 25.4. The van der Waals surface area contributed by atoms with Gasteiger partial charge in [0.1, 0.15) is 0 Å². The van der Waals surface area contributed by atoms with Gasteiger partial charge in [-0.05, 0) is 36.7 Å². The highest BCUT2D eigenvalue weighted by molar-refractivity contribution is 5.82. The fourth-order valence-electron chi connectivity index (χ4n) is 5.31. The van der Waals surface area contributed by atoms with Crippen molar-refractivity contribution >= 4 is 5.91 Å². The van der Waals surface area contributed by atoms with E-state index in [0.717, 1.165) is 31.2 Å². The van der Waals surface area contributed by atoms with E-state index in [9.17, 15) is 13.6 Å². The molecule has 1 amide bonds. The Morgan fingerprint density at radius 1 is 1.07 bits per heavy atom. The van der Waals surface area contributed by atoms with Gasteiger partial charge < -0.3 is 5.73 Å². The lowest BCUT2D eigenvalue weighted by Gasteiger charge is -2.49. The molecule has 1 aromatic carbocycles. The number of halogens is 2. The van der Waals surface area contributed by atoms with Gasteiger partial charge in [-0.15, -0.1) is 0 Å². The number of hydrogen-bond donors (Lipinski definition) is 1. The maximum atomic E-state index is 14.4. The van der Waals surface area contributed by atoms with E-state index in [-0.39, 0.29) is 31.1 Å². The Hall–Kier alpha value is -1.45. The molecular formula is C24H37F2NO. The quantitative estimate of drug-likeness (QED) is 0.411. The zero-order valence-corrected chi connectivity index (χ0v) is 17.6. The summed E-state index contributed by atoms with van der Waals surface area (Å²) in [6.45, 7) is 4.22. The summed E-state index contributed by atoms with van der Waals surface area (Å²) in [7, 11) is 0. The van der Waals surface area contributed by atoms with Crippen LogP contribution in [0.15, 0.2) is 30.3 Å². The number of carbonyl (C=O) groups is 1. The van der Waals surface area contributed by atoms with Crippen molar-refractivity contribution in [2.45, 2.75) is 96.3 Å².